The average Bonchev–Trinajstić information content (AvgIpc) is 3.26. The zero-order chi connectivity index (χ0) is 19.7. The summed E-state index contributed by atoms with van der Waals surface area (Å²) in [6, 6.07) is 6.69. The number of rotatable bonds is 5. The number of benzene rings is 1. The molecule has 2 heterocycles. The Balaban J connectivity index is 1.71. The third-order valence-corrected chi connectivity index (χ3v) is 7.46. The van der Waals surface area contributed by atoms with Crippen LogP contribution in [-0.4, -0.2) is 20.0 Å². The van der Waals surface area contributed by atoms with Crippen molar-refractivity contribution in [2.45, 2.75) is 68.3 Å². The monoisotopic (exact) mass is 415 g/mol. The van der Waals surface area contributed by atoms with Crippen LogP contribution in [0.5, 0.6) is 0 Å². The van der Waals surface area contributed by atoms with Crippen molar-refractivity contribution in [3.63, 3.8) is 0 Å². The highest BCUT2D eigenvalue weighted by Crippen LogP contribution is 2.42. The van der Waals surface area contributed by atoms with Gasteiger partial charge in [-0.1, -0.05) is 56.6 Å². The maximum Gasteiger partial charge on any atom is 0.211 e. The lowest BCUT2D eigenvalue weighted by Crippen LogP contribution is -2.06. The van der Waals surface area contributed by atoms with Gasteiger partial charge in [0.05, 0.1) is 15.6 Å². The molecule has 0 atom stereocenters. The van der Waals surface area contributed by atoms with Gasteiger partial charge in [0.2, 0.25) is 5.13 Å². The third kappa shape index (κ3) is 4.18. The van der Waals surface area contributed by atoms with Crippen LogP contribution in [0, 0.1) is 12.7 Å². The first-order chi connectivity index (χ1) is 13.5. The fourth-order valence-corrected chi connectivity index (χ4v) is 6.40. The molecule has 28 heavy (non-hydrogen) atoms. The molecule has 4 rings (SSSR count). The summed E-state index contributed by atoms with van der Waals surface area (Å²) in [5.74, 6) is 0.341. The van der Waals surface area contributed by atoms with Crippen LogP contribution in [0.4, 0.5) is 4.39 Å². The number of thioether (sulfide) groups is 1. The molecule has 6 heteroatoms. The van der Waals surface area contributed by atoms with E-state index in [1.165, 1.54) is 48.1 Å². The normalized spacial score (nSPS) is 15.5. The second-order valence-corrected chi connectivity index (χ2v) is 10.6. The number of halogens is 1. The lowest BCUT2D eigenvalue weighted by molar-refractivity contribution is 0.434. The van der Waals surface area contributed by atoms with Crippen molar-refractivity contribution in [3.05, 3.63) is 47.7 Å². The van der Waals surface area contributed by atoms with Gasteiger partial charge in [0.25, 0.3) is 0 Å². The van der Waals surface area contributed by atoms with E-state index in [4.69, 9.17) is 10.1 Å². The first kappa shape index (κ1) is 19.6. The Hall–Kier alpha value is -1.66. The molecule has 1 aliphatic carbocycles. The molecule has 0 saturated heterocycles. The van der Waals surface area contributed by atoms with Gasteiger partial charge in [-0.15, -0.1) is 11.8 Å². The predicted molar refractivity (Wildman–Crippen MR) is 116 cm³/mol. The Morgan fingerprint density at radius 3 is 2.71 bits per heavy atom. The van der Waals surface area contributed by atoms with Gasteiger partial charge in [0.1, 0.15) is 5.82 Å². The van der Waals surface area contributed by atoms with Crippen molar-refractivity contribution in [3.8, 4) is 16.3 Å². The van der Waals surface area contributed by atoms with Gasteiger partial charge in [0.15, 0.2) is 0 Å². The number of aryl methyl sites for hydroxylation is 1. The topological polar surface area (TPSA) is 30.7 Å². The van der Waals surface area contributed by atoms with E-state index in [1.807, 2.05) is 35.6 Å². The maximum absolute atomic E-state index is 13.7. The summed E-state index contributed by atoms with van der Waals surface area (Å²) in [5, 5.41) is 6.14. The zero-order valence-electron chi connectivity index (χ0n) is 16.6. The zero-order valence-corrected chi connectivity index (χ0v) is 18.2. The van der Waals surface area contributed by atoms with E-state index in [0.717, 1.165) is 22.0 Å². The Labute approximate surface area is 174 Å². The van der Waals surface area contributed by atoms with Gasteiger partial charge in [-0.2, -0.15) is 5.10 Å². The molecular formula is C22H26FN3S2. The molecule has 0 spiro atoms. The number of hydrogen-bond acceptors (Lipinski definition) is 4. The average molecular weight is 416 g/mol. The minimum atomic E-state index is -0.228. The highest BCUT2D eigenvalue weighted by atomic mass is 32.2. The van der Waals surface area contributed by atoms with Crippen molar-refractivity contribution in [2.24, 2.45) is 0 Å². The largest absolute Gasteiger partial charge is 0.222 e. The summed E-state index contributed by atoms with van der Waals surface area (Å²) in [6.07, 6.45) is 8.40. The molecule has 1 saturated carbocycles. The van der Waals surface area contributed by atoms with Crippen LogP contribution in [-0.2, 0) is 0 Å². The molecule has 0 amide bonds. The van der Waals surface area contributed by atoms with E-state index in [-0.39, 0.29) is 5.82 Å². The molecular weight excluding hydrogens is 389 g/mol. The molecule has 2 aromatic heterocycles. The number of aromatic nitrogens is 3. The molecule has 148 valence electrons. The van der Waals surface area contributed by atoms with Crippen LogP contribution in [0.15, 0.2) is 34.7 Å². The van der Waals surface area contributed by atoms with E-state index < -0.39 is 0 Å². The second kappa shape index (κ2) is 8.37. The molecule has 1 aromatic carbocycles. The lowest BCUT2D eigenvalue weighted by atomic mass is 9.87. The molecule has 0 bridgehead atoms. The van der Waals surface area contributed by atoms with Crippen LogP contribution >= 0.6 is 23.1 Å². The summed E-state index contributed by atoms with van der Waals surface area (Å²) in [7, 11) is 0. The summed E-state index contributed by atoms with van der Waals surface area (Å²) in [6.45, 7) is 6.43. The standard InChI is InChI=1S/C22H26FN3S2/c1-14(2)27-21-20(16-8-5-4-6-9-16)24-22(28-21)26-13-19(15(3)25-26)17-10-7-11-18(23)12-17/h7,10-14,16H,4-6,8-9H2,1-3H3. The van der Waals surface area contributed by atoms with Gasteiger partial charge in [-0.25, -0.2) is 14.1 Å². The van der Waals surface area contributed by atoms with Gasteiger partial charge >= 0.3 is 0 Å². The Morgan fingerprint density at radius 1 is 1.21 bits per heavy atom. The van der Waals surface area contributed by atoms with Crippen molar-refractivity contribution in [1.82, 2.24) is 14.8 Å². The highest BCUT2D eigenvalue weighted by Gasteiger charge is 2.24. The Bertz CT molecular complexity index is 955. The van der Waals surface area contributed by atoms with E-state index in [0.29, 0.717) is 11.2 Å². The minimum absolute atomic E-state index is 0.228. The van der Waals surface area contributed by atoms with Crippen LogP contribution < -0.4 is 0 Å². The van der Waals surface area contributed by atoms with Crippen molar-refractivity contribution >= 4 is 23.1 Å². The smallest absolute Gasteiger partial charge is 0.211 e. The predicted octanol–water partition coefficient (Wildman–Crippen LogP) is 6.99. The van der Waals surface area contributed by atoms with Crippen molar-refractivity contribution < 1.29 is 4.39 Å². The molecule has 0 radical (unpaired) electrons. The SMILES string of the molecule is Cc1nn(-c2nc(C3CCCCC3)c(SC(C)C)s2)cc1-c1cccc(F)c1. The summed E-state index contributed by atoms with van der Waals surface area (Å²) < 4.78 is 16.9. The molecule has 0 unspecified atom stereocenters. The Kier molecular flexibility index (Phi) is 5.88. The van der Waals surface area contributed by atoms with Crippen molar-refractivity contribution in [2.75, 3.05) is 0 Å². The van der Waals surface area contributed by atoms with Crippen LogP contribution in [0.1, 0.15) is 63.3 Å². The molecule has 3 aromatic rings. The Morgan fingerprint density at radius 2 is 2.00 bits per heavy atom. The summed E-state index contributed by atoms with van der Waals surface area (Å²) in [5.41, 5.74) is 3.95. The number of thiazole rings is 1. The first-order valence-corrected chi connectivity index (χ1v) is 11.7. The van der Waals surface area contributed by atoms with Gasteiger partial charge in [-0.3, -0.25) is 0 Å². The van der Waals surface area contributed by atoms with Gasteiger partial charge < -0.3 is 0 Å². The molecule has 0 aliphatic heterocycles. The number of nitrogens with zero attached hydrogens (tertiary/aromatic N) is 3. The quantitative estimate of drug-likeness (QED) is 0.421. The van der Waals surface area contributed by atoms with Crippen molar-refractivity contribution in [1.29, 1.82) is 0 Å². The molecule has 0 N–H and O–H groups in total. The second-order valence-electron chi connectivity index (χ2n) is 7.75. The maximum atomic E-state index is 13.7. The van der Waals surface area contributed by atoms with E-state index >= 15 is 0 Å². The van der Waals surface area contributed by atoms with Gasteiger partial charge in [0, 0.05) is 22.9 Å². The molecule has 1 fully saturated rings. The van der Waals surface area contributed by atoms with E-state index in [9.17, 15) is 4.39 Å². The van der Waals surface area contributed by atoms with Gasteiger partial charge in [-0.05, 0) is 37.5 Å². The van der Waals surface area contributed by atoms with E-state index in [2.05, 4.69) is 13.8 Å². The fourth-order valence-electron chi connectivity index (χ4n) is 3.83. The highest BCUT2D eigenvalue weighted by molar-refractivity contribution is 8.01. The van der Waals surface area contributed by atoms with Crippen LogP contribution in [0.3, 0.4) is 0 Å². The summed E-state index contributed by atoms with van der Waals surface area (Å²) in [4.78, 5) is 5.05. The lowest BCUT2D eigenvalue weighted by Gasteiger charge is -2.21. The fraction of sp³-hybridized carbons (Fsp3) is 0.455. The van der Waals surface area contributed by atoms with E-state index in [1.54, 1.807) is 23.5 Å². The molecule has 1 aliphatic rings. The number of hydrogen-bond donors (Lipinski definition) is 0. The van der Waals surface area contributed by atoms with Crippen LogP contribution in [0.2, 0.25) is 0 Å². The molecule has 3 nitrogen and oxygen atoms in total. The summed E-state index contributed by atoms with van der Waals surface area (Å²) >= 11 is 3.64. The first-order valence-electron chi connectivity index (χ1n) is 10.0. The third-order valence-electron chi connectivity index (χ3n) is 5.17. The minimum Gasteiger partial charge on any atom is -0.222 e. The van der Waals surface area contributed by atoms with Crippen LogP contribution in [0.25, 0.3) is 16.3 Å².